The molecule has 1 aromatic carbocycles. The maximum Gasteiger partial charge on any atom is 0.271 e. The zero-order valence-electron chi connectivity index (χ0n) is 11.6. The molecule has 0 unspecified atom stereocenters. The third-order valence-electron chi connectivity index (χ3n) is 3.05. The maximum atomic E-state index is 12.1. The van der Waals surface area contributed by atoms with Crippen LogP contribution in [0.2, 0.25) is 0 Å². The molecule has 0 saturated heterocycles. The molecule has 0 aliphatic rings. The second kappa shape index (κ2) is 6.01. The van der Waals surface area contributed by atoms with E-state index in [-0.39, 0.29) is 5.56 Å². The topological polar surface area (TPSA) is 50.7 Å². The predicted molar refractivity (Wildman–Crippen MR) is 84.9 cm³/mol. The molecule has 3 aromatic rings. The highest BCUT2D eigenvalue weighted by Crippen LogP contribution is 2.18. The average molecular weight is 297 g/mol. The summed E-state index contributed by atoms with van der Waals surface area (Å²) < 4.78 is 1.57. The molecule has 0 fully saturated rings. The second-order valence-corrected chi connectivity index (χ2v) is 5.75. The Morgan fingerprint density at radius 3 is 2.86 bits per heavy atom. The van der Waals surface area contributed by atoms with Crippen LogP contribution in [0.15, 0.2) is 64.5 Å². The van der Waals surface area contributed by atoms with Gasteiger partial charge in [0.15, 0.2) is 0 Å². The summed E-state index contributed by atoms with van der Waals surface area (Å²) in [4.78, 5) is 16.3. The Balaban J connectivity index is 1.80. The molecule has 3 rings (SSSR count). The predicted octanol–water partition coefficient (Wildman–Crippen LogP) is 3.16. The van der Waals surface area contributed by atoms with E-state index in [9.17, 15) is 4.79 Å². The van der Waals surface area contributed by atoms with Gasteiger partial charge in [0.25, 0.3) is 5.56 Å². The van der Waals surface area contributed by atoms with E-state index in [4.69, 9.17) is 0 Å². The number of rotatable bonds is 4. The van der Waals surface area contributed by atoms with Crippen molar-refractivity contribution >= 4 is 11.8 Å². The molecule has 2 aromatic heterocycles. The fraction of sp³-hybridized carbons (Fsp3) is 0.125. The number of hydrogen-bond acceptors (Lipinski definition) is 3. The summed E-state index contributed by atoms with van der Waals surface area (Å²) >= 11 is 1.60. The van der Waals surface area contributed by atoms with Gasteiger partial charge < -0.3 is 0 Å². The molecule has 0 amide bonds. The first-order valence-corrected chi connectivity index (χ1v) is 7.63. The van der Waals surface area contributed by atoms with Crippen molar-refractivity contribution < 1.29 is 0 Å². The molecule has 4 nitrogen and oxygen atoms in total. The standard InChI is InChI=1S/C16H15N3OS/c1-12-5-4-6-14(9-12)19-16(20)10-13(18-19)11-21-15-7-2-3-8-17-15/h2-10,18H,11H2,1H3. The Kier molecular flexibility index (Phi) is 3.92. The molecular weight excluding hydrogens is 282 g/mol. The van der Waals surface area contributed by atoms with E-state index in [0.29, 0.717) is 5.75 Å². The molecule has 0 saturated carbocycles. The number of benzene rings is 1. The van der Waals surface area contributed by atoms with Gasteiger partial charge in [-0.1, -0.05) is 18.2 Å². The molecular formula is C16H15N3OS. The Bertz CT molecular complexity index is 793. The number of aryl methyl sites for hydroxylation is 1. The van der Waals surface area contributed by atoms with Crippen LogP contribution in [-0.2, 0) is 5.75 Å². The molecule has 2 heterocycles. The molecule has 0 bridgehead atoms. The summed E-state index contributed by atoms with van der Waals surface area (Å²) in [6.07, 6.45) is 1.77. The van der Waals surface area contributed by atoms with Gasteiger partial charge in [-0.25, -0.2) is 9.67 Å². The molecule has 106 valence electrons. The number of H-pyrrole nitrogens is 1. The molecule has 21 heavy (non-hydrogen) atoms. The third-order valence-corrected chi connectivity index (χ3v) is 4.04. The number of hydrogen-bond donors (Lipinski definition) is 1. The summed E-state index contributed by atoms with van der Waals surface area (Å²) in [7, 11) is 0. The van der Waals surface area contributed by atoms with Crippen molar-refractivity contribution in [1.29, 1.82) is 0 Å². The second-order valence-electron chi connectivity index (χ2n) is 4.75. The highest BCUT2D eigenvalue weighted by Gasteiger charge is 2.06. The Morgan fingerprint density at radius 1 is 1.19 bits per heavy atom. The average Bonchev–Trinajstić information content (AvgIpc) is 2.87. The largest absolute Gasteiger partial charge is 0.294 e. The molecule has 0 spiro atoms. The van der Waals surface area contributed by atoms with Gasteiger partial charge in [0.2, 0.25) is 0 Å². The minimum Gasteiger partial charge on any atom is -0.294 e. The fourth-order valence-electron chi connectivity index (χ4n) is 2.06. The lowest BCUT2D eigenvalue weighted by molar-refractivity contribution is 0.832. The van der Waals surface area contributed by atoms with Gasteiger partial charge in [0, 0.05) is 23.7 Å². The van der Waals surface area contributed by atoms with E-state index in [1.165, 1.54) is 0 Å². The first-order chi connectivity index (χ1) is 10.2. The Labute approximate surface area is 126 Å². The van der Waals surface area contributed by atoms with E-state index in [1.54, 1.807) is 28.7 Å². The molecule has 0 aliphatic carbocycles. The zero-order chi connectivity index (χ0) is 14.7. The summed E-state index contributed by atoms with van der Waals surface area (Å²) in [5, 5.41) is 4.10. The van der Waals surface area contributed by atoms with Crippen LogP contribution in [0.1, 0.15) is 11.3 Å². The van der Waals surface area contributed by atoms with Crippen LogP contribution < -0.4 is 5.56 Å². The summed E-state index contributed by atoms with van der Waals surface area (Å²) in [5.74, 6) is 0.686. The van der Waals surface area contributed by atoms with E-state index in [2.05, 4.69) is 10.1 Å². The van der Waals surface area contributed by atoms with Gasteiger partial charge in [-0.05, 0) is 36.8 Å². The lowest BCUT2D eigenvalue weighted by Gasteiger charge is -2.03. The van der Waals surface area contributed by atoms with Crippen molar-refractivity contribution in [2.24, 2.45) is 0 Å². The van der Waals surface area contributed by atoms with Crippen molar-refractivity contribution in [1.82, 2.24) is 14.8 Å². The number of thioether (sulfide) groups is 1. The van der Waals surface area contributed by atoms with E-state index >= 15 is 0 Å². The van der Waals surface area contributed by atoms with Crippen molar-refractivity contribution in [3.8, 4) is 5.69 Å². The van der Waals surface area contributed by atoms with Crippen LogP contribution in [0, 0.1) is 6.92 Å². The number of pyridine rings is 1. The number of aromatic nitrogens is 3. The highest BCUT2D eigenvalue weighted by molar-refractivity contribution is 7.98. The smallest absolute Gasteiger partial charge is 0.271 e. The van der Waals surface area contributed by atoms with Gasteiger partial charge in [0.05, 0.1) is 10.7 Å². The Hall–Kier alpha value is -2.27. The molecule has 1 N–H and O–H groups in total. The molecule has 0 radical (unpaired) electrons. The minimum absolute atomic E-state index is 0.0442. The highest BCUT2D eigenvalue weighted by atomic mass is 32.2. The normalized spacial score (nSPS) is 10.7. The van der Waals surface area contributed by atoms with Gasteiger partial charge >= 0.3 is 0 Å². The van der Waals surface area contributed by atoms with Crippen molar-refractivity contribution in [2.75, 3.05) is 0 Å². The van der Waals surface area contributed by atoms with Crippen LogP contribution in [0.3, 0.4) is 0 Å². The van der Waals surface area contributed by atoms with Crippen LogP contribution in [0.25, 0.3) is 5.69 Å². The third kappa shape index (κ3) is 3.25. The summed E-state index contributed by atoms with van der Waals surface area (Å²) in [5.41, 5.74) is 2.82. The van der Waals surface area contributed by atoms with Crippen LogP contribution in [0.5, 0.6) is 0 Å². The quantitative estimate of drug-likeness (QED) is 0.753. The Morgan fingerprint density at radius 2 is 2.10 bits per heavy atom. The minimum atomic E-state index is -0.0442. The SMILES string of the molecule is Cc1cccc(-n2[nH]c(CSc3ccccn3)cc2=O)c1. The molecule has 0 atom stereocenters. The van der Waals surface area contributed by atoms with Crippen LogP contribution >= 0.6 is 11.8 Å². The lowest BCUT2D eigenvalue weighted by atomic mass is 10.2. The van der Waals surface area contributed by atoms with Crippen molar-refractivity contribution in [3.63, 3.8) is 0 Å². The van der Waals surface area contributed by atoms with Gasteiger partial charge in [-0.2, -0.15) is 0 Å². The lowest BCUT2D eigenvalue weighted by Crippen LogP contribution is -2.13. The van der Waals surface area contributed by atoms with E-state index < -0.39 is 0 Å². The van der Waals surface area contributed by atoms with E-state index in [1.807, 2.05) is 49.4 Å². The first-order valence-electron chi connectivity index (χ1n) is 6.64. The van der Waals surface area contributed by atoms with E-state index in [0.717, 1.165) is 22.0 Å². The number of nitrogens with zero attached hydrogens (tertiary/aromatic N) is 2. The van der Waals surface area contributed by atoms with Gasteiger partial charge in [0.1, 0.15) is 0 Å². The maximum absolute atomic E-state index is 12.1. The van der Waals surface area contributed by atoms with Crippen molar-refractivity contribution in [2.45, 2.75) is 17.7 Å². The van der Waals surface area contributed by atoms with Crippen LogP contribution in [-0.4, -0.2) is 14.8 Å². The first kappa shape index (κ1) is 13.7. The summed E-state index contributed by atoms with van der Waals surface area (Å²) in [6, 6.07) is 15.3. The van der Waals surface area contributed by atoms with Gasteiger partial charge in [-0.3, -0.25) is 9.89 Å². The van der Waals surface area contributed by atoms with Crippen molar-refractivity contribution in [3.05, 3.63) is 76.3 Å². The zero-order valence-corrected chi connectivity index (χ0v) is 12.4. The summed E-state index contributed by atoms with van der Waals surface area (Å²) in [6.45, 7) is 2.01. The van der Waals surface area contributed by atoms with Gasteiger partial charge in [-0.15, -0.1) is 11.8 Å². The number of nitrogens with one attached hydrogen (secondary N) is 1. The fourth-order valence-corrected chi connectivity index (χ4v) is 2.82. The van der Waals surface area contributed by atoms with Crippen LogP contribution in [0.4, 0.5) is 0 Å². The number of aromatic amines is 1. The monoisotopic (exact) mass is 297 g/mol. The molecule has 0 aliphatic heterocycles. The molecule has 5 heteroatoms.